The van der Waals surface area contributed by atoms with Crippen molar-refractivity contribution in [1.82, 2.24) is 5.32 Å². The minimum absolute atomic E-state index is 0.342. The minimum Gasteiger partial charge on any atom is -0.497 e. The molecular formula is C18H21NO2. The highest BCUT2D eigenvalue weighted by Gasteiger charge is 2.15. The van der Waals surface area contributed by atoms with E-state index in [9.17, 15) is 0 Å². The predicted octanol–water partition coefficient (Wildman–Crippen LogP) is 3.24. The van der Waals surface area contributed by atoms with E-state index in [2.05, 4.69) is 41.7 Å². The first kappa shape index (κ1) is 14.1. The topological polar surface area (TPSA) is 30.5 Å². The monoisotopic (exact) mass is 283 g/mol. The smallest absolute Gasteiger partial charge is 0.118 e. The van der Waals surface area contributed by atoms with Gasteiger partial charge in [-0.15, -0.1) is 0 Å². The van der Waals surface area contributed by atoms with Gasteiger partial charge in [0.25, 0.3) is 0 Å². The van der Waals surface area contributed by atoms with E-state index in [1.165, 1.54) is 16.7 Å². The van der Waals surface area contributed by atoms with Crippen LogP contribution in [0.4, 0.5) is 0 Å². The Morgan fingerprint density at radius 2 is 1.90 bits per heavy atom. The Kier molecular flexibility index (Phi) is 4.53. The summed E-state index contributed by atoms with van der Waals surface area (Å²) < 4.78 is 11.2. The number of methoxy groups -OCH3 is 1. The van der Waals surface area contributed by atoms with Crippen molar-refractivity contribution in [2.24, 2.45) is 0 Å². The predicted molar refractivity (Wildman–Crippen MR) is 84.5 cm³/mol. The summed E-state index contributed by atoms with van der Waals surface area (Å²) in [4.78, 5) is 0. The standard InChI is InChI=1S/C18H21NO2/c1-20-16-8-6-14(7-9-16)18-5-3-2-4-15(18)13-21-17-10-11-19-12-17/h2-9,17,19H,10-13H2,1H3. The number of rotatable bonds is 5. The maximum atomic E-state index is 6.01. The van der Waals surface area contributed by atoms with E-state index in [1.54, 1.807) is 7.11 Å². The van der Waals surface area contributed by atoms with Crippen LogP contribution in [-0.2, 0) is 11.3 Å². The van der Waals surface area contributed by atoms with Crippen LogP contribution in [0.2, 0.25) is 0 Å². The molecule has 3 nitrogen and oxygen atoms in total. The van der Waals surface area contributed by atoms with E-state index in [4.69, 9.17) is 9.47 Å². The third-order valence-electron chi connectivity index (χ3n) is 3.91. The van der Waals surface area contributed by atoms with Crippen LogP contribution < -0.4 is 10.1 Å². The van der Waals surface area contributed by atoms with Gasteiger partial charge in [0.1, 0.15) is 5.75 Å². The molecule has 1 aliphatic rings. The van der Waals surface area contributed by atoms with Crippen molar-refractivity contribution in [2.45, 2.75) is 19.1 Å². The van der Waals surface area contributed by atoms with Crippen molar-refractivity contribution in [3.05, 3.63) is 54.1 Å². The summed E-state index contributed by atoms with van der Waals surface area (Å²) in [5.41, 5.74) is 3.65. The third kappa shape index (κ3) is 3.43. The van der Waals surface area contributed by atoms with Gasteiger partial charge in [-0.3, -0.25) is 0 Å². The van der Waals surface area contributed by atoms with Gasteiger partial charge in [0.15, 0.2) is 0 Å². The first-order valence-corrected chi connectivity index (χ1v) is 7.41. The van der Waals surface area contributed by atoms with E-state index >= 15 is 0 Å². The SMILES string of the molecule is COc1ccc(-c2ccccc2COC2CCNC2)cc1. The largest absolute Gasteiger partial charge is 0.497 e. The highest BCUT2D eigenvalue weighted by molar-refractivity contribution is 5.67. The zero-order valence-electron chi connectivity index (χ0n) is 12.3. The van der Waals surface area contributed by atoms with Crippen LogP contribution in [0.1, 0.15) is 12.0 Å². The molecule has 2 aromatic rings. The van der Waals surface area contributed by atoms with E-state index in [-0.39, 0.29) is 0 Å². The zero-order chi connectivity index (χ0) is 14.5. The fourth-order valence-corrected chi connectivity index (χ4v) is 2.68. The number of benzene rings is 2. The normalized spacial score (nSPS) is 17.9. The van der Waals surface area contributed by atoms with Crippen molar-refractivity contribution >= 4 is 0 Å². The van der Waals surface area contributed by atoms with Crippen LogP contribution in [0, 0.1) is 0 Å². The summed E-state index contributed by atoms with van der Waals surface area (Å²) in [5, 5.41) is 3.33. The average molecular weight is 283 g/mol. The minimum atomic E-state index is 0.342. The molecule has 1 aliphatic heterocycles. The molecule has 1 saturated heterocycles. The van der Waals surface area contributed by atoms with Gasteiger partial charge in [-0.1, -0.05) is 36.4 Å². The van der Waals surface area contributed by atoms with E-state index in [1.807, 2.05) is 12.1 Å². The van der Waals surface area contributed by atoms with Crippen LogP contribution in [-0.4, -0.2) is 26.3 Å². The summed E-state index contributed by atoms with van der Waals surface area (Å²) >= 11 is 0. The maximum Gasteiger partial charge on any atom is 0.118 e. The summed E-state index contributed by atoms with van der Waals surface area (Å²) in [6.45, 7) is 2.68. The highest BCUT2D eigenvalue weighted by atomic mass is 16.5. The van der Waals surface area contributed by atoms with Crippen LogP contribution in [0.15, 0.2) is 48.5 Å². The molecule has 0 amide bonds. The van der Waals surface area contributed by atoms with Gasteiger partial charge in [0.05, 0.1) is 19.8 Å². The molecule has 0 bridgehead atoms. The molecule has 1 fully saturated rings. The van der Waals surface area contributed by atoms with Crippen molar-refractivity contribution in [1.29, 1.82) is 0 Å². The van der Waals surface area contributed by atoms with Crippen LogP contribution >= 0.6 is 0 Å². The van der Waals surface area contributed by atoms with Gasteiger partial charge in [0, 0.05) is 6.54 Å². The molecule has 3 heteroatoms. The lowest BCUT2D eigenvalue weighted by molar-refractivity contribution is 0.0545. The second-order valence-electron chi connectivity index (χ2n) is 5.31. The molecule has 0 spiro atoms. The fourth-order valence-electron chi connectivity index (χ4n) is 2.68. The van der Waals surface area contributed by atoms with Crippen molar-refractivity contribution in [3.63, 3.8) is 0 Å². The maximum absolute atomic E-state index is 6.01. The van der Waals surface area contributed by atoms with Gasteiger partial charge in [-0.05, 0) is 41.8 Å². The van der Waals surface area contributed by atoms with E-state index in [0.29, 0.717) is 12.7 Å². The highest BCUT2D eigenvalue weighted by Crippen LogP contribution is 2.26. The second kappa shape index (κ2) is 6.74. The molecule has 1 N–H and O–H groups in total. The Morgan fingerprint density at radius 3 is 2.62 bits per heavy atom. The quantitative estimate of drug-likeness (QED) is 0.914. The summed E-state index contributed by atoms with van der Waals surface area (Å²) in [5.74, 6) is 0.879. The van der Waals surface area contributed by atoms with Gasteiger partial charge < -0.3 is 14.8 Å². The Hall–Kier alpha value is -1.84. The molecule has 21 heavy (non-hydrogen) atoms. The molecule has 1 heterocycles. The molecule has 1 unspecified atom stereocenters. The summed E-state index contributed by atoms with van der Waals surface area (Å²) in [6, 6.07) is 16.6. The van der Waals surface area contributed by atoms with Crippen molar-refractivity contribution < 1.29 is 9.47 Å². The van der Waals surface area contributed by atoms with Crippen LogP contribution in [0.5, 0.6) is 5.75 Å². The molecule has 0 aromatic heterocycles. The molecule has 0 aliphatic carbocycles. The van der Waals surface area contributed by atoms with Gasteiger partial charge in [-0.2, -0.15) is 0 Å². The molecule has 1 atom stereocenters. The fraction of sp³-hybridized carbons (Fsp3) is 0.333. The zero-order valence-corrected chi connectivity index (χ0v) is 12.3. The Bertz CT molecular complexity index is 574. The first-order valence-electron chi connectivity index (χ1n) is 7.41. The first-order chi connectivity index (χ1) is 10.4. The lowest BCUT2D eigenvalue weighted by Gasteiger charge is -2.14. The van der Waals surface area contributed by atoms with E-state index in [0.717, 1.165) is 25.3 Å². The lowest BCUT2D eigenvalue weighted by Crippen LogP contribution is -2.16. The lowest BCUT2D eigenvalue weighted by atomic mass is 10.00. The average Bonchev–Trinajstić information content (AvgIpc) is 3.07. The van der Waals surface area contributed by atoms with Gasteiger partial charge in [-0.25, -0.2) is 0 Å². The van der Waals surface area contributed by atoms with Crippen LogP contribution in [0.3, 0.4) is 0 Å². The molecule has 0 radical (unpaired) electrons. The Labute approximate surface area is 125 Å². The second-order valence-corrected chi connectivity index (χ2v) is 5.31. The third-order valence-corrected chi connectivity index (χ3v) is 3.91. The number of hydrogen-bond acceptors (Lipinski definition) is 3. The number of ether oxygens (including phenoxy) is 2. The number of nitrogens with one attached hydrogen (secondary N) is 1. The number of hydrogen-bond donors (Lipinski definition) is 1. The van der Waals surface area contributed by atoms with Crippen molar-refractivity contribution in [2.75, 3.05) is 20.2 Å². The molecular weight excluding hydrogens is 262 g/mol. The van der Waals surface area contributed by atoms with Crippen molar-refractivity contribution in [3.8, 4) is 16.9 Å². The summed E-state index contributed by atoms with van der Waals surface area (Å²) in [6.07, 6.45) is 1.44. The summed E-state index contributed by atoms with van der Waals surface area (Å²) in [7, 11) is 1.69. The Morgan fingerprint density at radius 1 is 1.10 bits per heavy atom. The Balaban J connectivity index is 1.77. The van der Waals surface area contributed by atoms with Crippen LogP contribution in [0.25, 0.3) is 11.1 Å². The molecule has 3 rings (SSSR count). The molecule has 2 aromatic carbocycles. The van der Waals surface area contributed by atoms with Gasteiger partial charge in [0.2, 0.25) is 0 Å². The molecule has 0 saturated carbocycles. The molecule has 110 valence electrons. The van der Waals surface area contributed by atoms with E-state index < -0.39 is 0 Å². The van der Waals surface area contributed by atoms with Gasteiger partial charge >= 0.3 is 0 Å².